The van der Waals surface area contributed by atoms with Crippen molar-refractivity contribution in [1.82, 2.24) is 0 Å². The first-order chi connectivity index (χ1) is 12.9. The number of aliphatic hydroxyl groups excluding tert-OH is 3. The summed E-state index contributed by atoms with van der Waals surface area (Å²) >= 11 is 0. The maximum Gasteiger partial charge on any atom is 0.303 e. The van der Waals surface area contributed by atoms with Gasteiger partial charge in [-0.05, 0) is 43.9 Å². The Morgan fingerprint density at radius 2 is 1.78 bits per heavy atom. The molecule has 5 nitrogen and oxygen atoms in total. The van der Waals surface area contributed by atoms with Crippen LogP contribution in [0.1, 0.15) is 84.5 Å². The average Bonchev–Trinajstić information content (AvgIpc) is 2.90. The maximum atomic E-state index is 10.7. The smallest absolute Gasteiger partial charge is 0.303 e. The molecule has 6 atom stereocenters. The predicted molar refractivity (Wildman–Crippen MR) is 107 cm³/mol. The van der Waals surface area contributed by atoms with Gasteiger partial charge in [0.05, 0.1) is 18.3 Å². The fraction of sp³-hybridized carbons (Fsp3) is 0.864. The highest BCUT2D eigenvalue weighted by Crippen LogP contribution is 2.39. The van der Waals surface area contributed by atoms with Gasteiger partial charge in [0.15, 0.2) is 0 Å². The number of hydrogen-bond acceptors (Lipinski definition) is 4. The summed E-state index contributed by atoms with van der Waals surface area (Å²) < 4.78 is 0. The molecule has 0 aromatic heterocycles. The molecular weight excluding hydrogens is 344 g/mol. The molecule has 1 fully saturated rings. The predicted octanol–water partition coefficient (Wildman–Crippen LogP) is 3.90. The Labute approximate surface area is 164 Å². The highest BCUT2D eigenvalue weighted by atomic mass is 16.4. The van der Waals surface area contributed by atoms with Crippen LogP contribution < -0.4 is 0 Å². The van der Waals surface area contributed by atoms with E-state index in [9.17, 15) is 20.1 Å². The molecule has 1 saturated carbocycles. The summed E-state index contributed by atoms with van der Waals surface area (Å²) in [5, 5.41) is 40.1. The molecule has 1 aliphatic rings. The van der Waals surface area contributed by atoms with Crippen molar-refractivity contribution in [2.45, 2.75) is 103 Å². The number of carbonyl (C=O) groups is 1. The van der Waals surface area contributed by atoms with E-state index in [1.807, 2.05) is 19.1 Å². The SMILES string of the molecule is CCCCCCCC(O)[C@@H]1C(O)CC(O)[C@@H]1CC=CC(CC)CCC(=O)O. The second-order valence-electron chi connectivity index (χ2n) is 8.15. The minimum absolute atomic E-state index is 0.140. The second-order valence-corrected chi connectivity index (χ2v) is 8.15. The fourth-order valence-corrected chi connectivity index (χ4v) is 4.30. The number of carboxylic acids is 1. The largest absolute Gasteiger partial charge is 0.481 e. The Kier molecular flexibility index (Phi) is 11.9. The van der Waals surface area contributed by atoms with Crippen LogP contribution in [0, 0.1) is 17.8 Å². The van der Waals surface area contributed by atoms with Crippen LogP contribution in [-0.4, -0.2) is 44.7 Å². The Balaban J connectivity index is 2.54. The summed E-state index contributed by atoms with van der Waals surface area (Å²) in [5.74, 6) is -0.987. The molecule has 4 N–H and O–H groups in total. The van der Waals surface area contributed by atoms with Gasteiger partial charge in [-0.3, -0.25) is 4.79 Å². The van der Waals surface area contributed by atoms with E-state index in [1.54, 1.807) is 0 Å². The normalized spacial score (nSPS) is 27.9. The number of carboxylic acid groups (broad SMARTS) is 1. The summed E-state index contributed by atoms with van der Waals surface area (Å²) in [5.41, 5.74) is 0. The van der Waals surface area contributed by atoms with Crippen LogP contribution in [0.4, 0.5) is 0 Å². The van der Waals surface area contributed by atoms with E-state index in [0.717, 1.165) is 19.3 Å². The molecule has 0 spiro atoms. The maximum absolute atomic E-state index is 10.7. The van der Waals surface area contributed by atoms with E-state index < -0.39 is 24.3 Å². The van der Waals surface area contributed by atoms with Gasteiger partial charge in [0.1, 0.15) is 0 Å². The molecule has 0 aromatic carbocycles. The van der Waals surface area contributed by atoms with Gasteiger partial charge in [-0.25, -0.2) is 0 Å². The van der Waals surface area contributed by atoms with Crippen LogP contribution in [0.5, 0.6) is 0 Å². The molecule has 158 valence electrons. The lowest BCUT2D eigenvalue weighted by atomic mass is 9.83. The van der Waals surface area contributed by atoms with Crippen LogP contribution in [0.25, 0.3) is 0 Å². The van der Waals surface area contributed by atoms with Crippen molar-refractivity contribution in [3.63, 3.8) is 0 Å². The zero-order chi connectivity index (χ0) is 20.2. The minimum Gasteiger partial charge on any atom is -0.481 e. The molecule has 0 amide bonds. The third-order valence-corrected chi connectivity index (χ3v) is 6.03. The quantitative estimate of drug-likeness (QED) is 0.269. The van der Waals surface area contributed by atoms with Gasteiger partial charge in [0, 0.05) is 12.3 Å². The number of rotatable bonds is 14. The molecule has 0 saturated heterocycles. The van der Waals surface area contributed by atoms with Gasteiger partial charge in [0.25, 0.3) is 0 Å². The number of hydrogen-bond donors (Lipinski definition) is 4. The van der Waals surface area contributed by atoms with E-state index in [0.29, 0.717) is 25.7 Å². The Bertz CT molecular complexity index is 436. The molecule has 5 heteroatoms. The molecule has 0 aromatic rings. The number of allylic oxidation sites excluding steroid dienone is 2. The van der Waals surface area contributed by atoms with Crippen molar-refractivity contribution < 1.29 is 25.2 Å². The highest BCUT2D eigenvalue weighted by Gasteiger charge is 2.44. The molecule has 27 heavy (non-hydrogen) atoms. The standard InChI is InChI=1S/C22H40O5/c1-3-5-6-7-8-12-18(23)22-17(19(24)15-20(22)25)11-9-10-16(4-2)13-14-21(26)27/h9-10,16-20,22-25H,3-8,11-15H2,1-2H3,(H,26,27)/t16?,17-,18?,19?,20?,22+/m0/s1. The summed E-state index contributed by atoms with van der Waals surface area (Å²) in [6.45, 7) is 4.21. The monoisotopic (exact) mass is 384 g/mol. The summed E-state index contributed by atoms with van der Waals surface area (Å²) in [4.78, 5) is 10.7. The second kappa shape index (κ2) is 13.3. The number of aliphatic carboxylic acids is 1. The fourth-order valence-electron chi connectivity index (χ4n) is 4.30. The molecule has 1 aliphatic carbocycles. The molecule has 0 bridgehead atoms. The molecule has 4 unspecified atom stereocenters. The van der Waals surface area contributed by atoms with Gasteiger partial charge in [-0.15, -0.1) is 0 Å². The van der Waals surface area contributed by atoms with Gasteiger partial charge < -0.3 is 20.4 Å². The first-order valence-electron chi connectivity index (χ1n) is 10.8. The lowest BCUT2D eigenvalue weighted by Crippen LogP contribution is -2.33. The van der Waals surface area contributed by atoms with E-state index in [1.165, 1.54) is 19.3 Å². The molecule has 0 radical (unpaired) electrons. The Hall–Kier alpha value is -0.910. The zero-order valence-electron chi connectivity index (χ0n) is 17.1. The summed E-state index contributed by atoms with van der Waals surface area (Å²) in [6.07, 6.45) is 11.1. The van der Waals surface area contributed by atoms with Gasteiger partial charge in [-0.1, -0.05) is 58.1 Å². The van der Waals surface area contributed by atoms with E-state index in [-0.39, 0.29) is 24.2 Å². The summed E-state index contributed by atoms with van der Waals surface area (Å²) in [7, 11) is 0. The Morgan fingerprint density at radius 1 is 1.07 bits per heavy atom. The topological polar surface area (TPSA) is 98.0 Å². The third kappa shape index (κ3) is 8.75. The average molecular weight is 385 g/mol. The van der Waals surface area contributed by atoms with Crippen molar-refractivity contribution >= 4 is 5.97 Å². The van der Waals surface area contributed by atoms with Crippen molar-refractivity contribution in [3.8, 4) is 0 Å². The summed E-state index contributed by atoms with van der Waals surface area (Å²) in [6, 6.07) is 0. The van der Waals surface area contributed by atoms with Crippen LogP contribution in [0.2, 0.25) is 0 Å². The van der Waals surface area contributed by atoms with Gasteiger partial charge in [0.2, 0.25) is 0 Å². The van der Waals surface area contributed by atoms with Crippen LogP contribution >= 0.6 is 0 Å². The van der Waals surface area contributed by atoms with Crippen molar-refractivity contribution in [2.75, 3.05) is 0 Å². The minimum atomic E-state index is -0.779. The molecular formula is C22H40O5. The van der Waals surface area contributed by atoms with Crippen molar-refractivity contribution in [1.29, 1.82) is 0 Å². The van der Waals surface area contributed by atoms with E-state index in [2.05, 4.69) is 6.92 Å². The highest BCUT2D eigenvalue weighted by molar-refractivity contribution is 5.66. The molecule has 0 aliphatic heterocycles. The first-order valence-corrected chi connectivity index (χ1v) is 10.8. The third-order valence-electron chi connectivity index (χ3n) is 6.03. The lowest BCUT2D eigenvalue weighted by Gasteiger charge is -2.27. The van der Waals surface area contributed by atoms with Crippen molar-refractivity contribution in [2.24, 2.45) is 17.8 Å². The lowest BCUT2D eigenvalue weighted by molar-refractivity contribution is -0.137. The van der Waals surface area contributed by atoms with Crippen LogP contribution in [0.3, 0.4) is 0 Å². The van der Waals surface area contributed by atoms with Crippen molar-refractivity contribution in [3.05, 3.63) is 12.2 Å². The zero-order valence-corrected chi connectivity index (χ0v) is 17.1. The Morgan fingerprint density at radius 3 is 2.41 bits per heavy atom. The van der Waals surface area contributed by atoms with Gasteiger partial charge in [-0.2, -0.15) is 0 Å². The molecule has 0 heterocycles. The van der Waals surface area contributed by atoms with E-state index in [4.69, 9.17) is 5.11 Å². The number of unbranched alkanes of at least 4 members (excludes halogenated alkanes) is 4. The van der Waals surface area contributed by atoms with Crippen LogP contribution in [-0.2, 0) is 4.79 Å². The van der Waals surface area contributed by atoms with Gasteiger partial charge >= 0.3 is 5.97 Å². The van der Waals surface area contributed by atoms with E-state index >= 15 is 0 Å². The number of aliphatic hydroxyl groups is 3. The molecule has 1 rings (SSSR count). The first kappa shape index (κ1) is 24.1. The van der Waals surface area contributed by atoms with Crippen LogP contribution in [0.15, 0.2) is 12.2 Å².